The highest BCUT2D eigenvalue weighted by atomic mass is 35.5. The molecule has 0 bridgehead atoms. The van der Waals surface area contributed by atoms with Gasteiger partial charge in [0.1, 0.15) is 4.83 Å². The molecule has 2 heterocycles. The maximum Gasteiger partial charge on any atom is 0.263 e. The minimum Gasteiger partial charge on any atom is -0.294 e. The fourth-order valence-corrected chi connectivity index (χ4v) is 4.12. The maximum atomic E-state index is 13.1. The SMILES string of the molecule is Cc1sc2ncn(Cc3ccccc3)c(=O)c2c1-c1ccc(Cl)cc1. The van der Waals surface area contributed by atoms with Crippen LogP contribution in [0.3, 0.4) is 0 Å². The lowest BCUT2D eigenvalue weighted by Crippen LogP contribution is -2.21. The smallest absolute Gasteiger partial charge is 0.263 e. The molecule has 2 aromatic carbocycles. The molecule has 0 atom stereocenters. The highest BCUT2D eigenvalue weighted by Crippen LogP contribution is 2.35. The number of nitrogens with zero attached hydrogens (tertiary/aromatic N) is 2. The average molecular weight is 367 g/mol. The van der Waals surface area contributed by atoms with Crippen LogP contribution >= 0.6 is 22.9 Å². The number of aromatic nitrogens is 2. The van der Waals surface area contributed by atoms with Crippen LogP contribution in [-0.2, 0) is 6.54 Å². The summed E-state index contributed by atoms with van der Waals surface area (Å²) < 4.78 is 1.67. The summed E-state index contributed by atoms with van der Waals surface area (Å²) in [6, 6.07) is 17.5. The van der Waals surface area contributed by atoms with E-state index in [4.69, 9.17) is 11.6 Å². The van der Waals surface area contributed by atoms with Crippen LogP contribution in [0.5, 0.6) is 0 Å². The summed E-state index contributed by atoms with van der Waals surface area (Å²) >= 11 is 7.55. The van der Waals surface area contributed by atoms with Crippen LogP contribution in [0, 0.1) is 6.92 Å². The molecule has 0 amide bonds. The van der Waals surface area contributed by atoms with Crippen molar-refractivity contribution < 1.29 is 0 Å². The maximum absolute atomic E-state index is 13.1. The van der Waals surface area contributed by atoms with Crippen molar-refractivity contribution in [1.29, 1.82) is 0 Å². The van der Waals surface area contributed by atoms with Crippen molar-refractivity contribution in [3.63, 3.8) is 0 Å². The van der Waals surface area contributed by atoms with E-state index in [1.54, 1.807) is 22.2 Å². The molecule has 0 N–H and O–H groups in total. The Hall–Kier alpha value is -2.43. The number of benzene rings is 2. The van der Waals surface area contributed by atoms with Gasteiger partial charge in [-0.1, -0.05) is 54.1 Å². The van der Waals surface area contributed by atoms with Crippen molar-refractivity contribution in [3.05, 3.63) is 86.7 Å². The van der Waals surface area contributed by atoms with E-state index in [1.165, 1.54) is 0 Å². The number of halogens is 1. The quantitative estimate of drug-likeness (QED) is 0.503. The summed E-state index contributed by atoms with van der Waals surface area (Å²) in [5.74, 6) is 0. The number of aryl methyl sites for hydroxylation is 1. The first-order valence-corrected chi connectivity index (χ1v) is 9.11. The molecule has 3 nitrogen and oxygen atoms in total. The lowest BCUT2D eigenvalue weighted by atomic mass is 10.0. The highest BCUT2D eigenvalue weighted by Gasteiger charge is 2.17. The van der Waals surface area contributed by atoms with Crippen molar-refractivity contribution in [1.82, 2.24) is 9.55 Å². The molecule has 4 aromatic rings. The Morgan fingerprint density at radius 3 is 2.52 bits per heavy atom. The fraction of sp³-hybridized carbons (Fsp3) is 0.100. The zero-order valence-corrected chi connectivity index (χ0v) is 15.1. The van der Waals surface area contributed by atoms with Crippen LogP contribution in [0.15, 0.2) is 65.7 Å². The van der Waals surface area contributed by atoms with Gasteiger partial charge in [-0.3, -0.25) is 9.36 Å². The summed E-state index contributed by atoms with van der Waals surface area (Å²) in [5, 5.41) is 1.36. The Morgan fingerprint density at radius 1 is 1.08 bits per heavy atom. The van der Waals surface area contributed by atoms with E-state index in [1.807, 2.05) is 61.5 Å². The molecule has 2 aromatic heterocycles. The third-order valence-electron chi connectivity index (χ3n) is 4.18. The van der Waals surface area contributed by atoms with Crippen LogP contribution in [0.4, 0.5) is 0 Å². The zero-order chi connectivity index (χ0) is 17.4. The number of fused-ring (bicyclic) bond motifs is 1. The van der Waals surface area contributed by atoms with Gasteiger partial charge >= 0.3 is 0 Å². The fourth-order valence-electron chi connectivity index (χ4n) is 2.99. The Labute approximate surface area is 154 Å². The lowest BCUT2D eigenvalue weighted by Gasteiger charge is -2.07. The predicted octanol–water partition coefficient (Wildman–Crippen LogP) is 5.14. The summed E-state index contributed by atoms with van der Waals surface area (Å²) in [7, 11) is 0. The minimum absolute atomic E-state index is 0.0110. The molecular weight excluding hydrogens is 352 g/mol. The van der Waals surface area contributed by atoms with Gasteiger partial charge < -0.3 is 0 Å². The van der Waals surface area contributed by atoms with E-state index >= 15 is 0 Å². The second-order valence-corrected chi connectivity index (χ2v) is 7.52. The van der Waals surface area contributed by atoms with Crippen LogP contribution in [0.25, 0.3) is 21.3 Å². The first kappa shape index (κ1) is 16.1. The van der Waals surface area contributed by atoms with Crippen molar-refractivity contribution >= 4 is 33.2 Å². The third-order valence-corrected chi connectivity index (χ3v) is 5.45. The van der Waals surface area contributed by atoms with E-state index in [9.17, 15) is 4.79 Å². The molecule has 0 aliphatic rings. The van der Waals surface area contributed by atoms with E-state index < -0.39 is 0 Å². The number of hydrogen-bond acceptors (Lipinski definition) is 3. The van der Waals surface area contributed by atoms with E-state index in [-0.39, 0.29) is 5.56 Å². The molecule has 0 spiro atoms. The third kappa shape index (κ3) is 2.99. The van der Waals surface area contributed by atoms with E-state index in [0.717, 1.165) is 26.4 Å². The zero-order valence-electron chi connectivity index (χ0n) is 13.6. The van der Waals surface area contributed by atoms with Crippen molar-refractivity contribution in [2.45, 2.75) is 13.5 Å². The number of thiophene rings is 1. The Bertz CT molecular complexity index is 1100. The molecule has 0 saturated heterocycles. The van der Waals surface area contributed by atoms with Gasteiger partial charge in [-0.25, -0.2) is 4.98 Å². The lowest BCUT2D eigenvalue weighted by molar-refractivity contribution is 0.749. The first-order chi connectivity index (χ1) is 12.1. The number of rotatable bonds is 3. The standard InChI is InChI=1S/C20H15ClN2OS/c1-13-17(15-7-9-16(21)10-8-15)18-19(25-13)22-12-23(20(18)24)11-14-5-3-2-4-6-14/h2-10,12H,11H2,1H3. The van der Waals surface area contributed by atoms with Crippen molar-refractivity contribution in [3.8, 4) is 11.1 Å². The molecule has 0 fully saturated rings. The second-order valence-electron chi connectivity index (χ2n) is 5.88. The molecular formula is C20H15ClN2OS. The summed E-state index contributed by atoms with van der Waals surface area (Å²) in [4.78, 5) is 19.5. The number of hydrogen-bond donors (Lipinski definition) is 0. The molecule has 25 heavy (non-hydrogen) atoms. The summed E-state index contributed by atoms with van der Waals surface area (Å²) in [5.41, 5.74) is 3.01. The second kappa shape index (κ2) is 6.47. The monoisotopic (exact) mass is 366 g/mol. The molecule has 0 aliphatic carbocycles. The van der Waals surface area contributed by atoms with Crippen LogP contribution in [0.1, 0.15) is 10.4 Å². The van der Waals surface area contributed by atoms with Gasteiger partial charge in [-0.2, -0.15) is 0 Å². The van der Waals surface area contributed by atoms with Crippen LogP contribution < -0.4 is 5.56 Å². The van der Waals surface area contributed by atoms with Gasteiger partial charge in [0.15, 0.2) is 0 Å². The normalized spacial score (nSPS) is 11.1. The molecule has 0 saturated carbocycles. The summed E-state index contributed by atoms with van der Waals surface area (Å²) in [6.45, 7) is 2.54. The van der Waals surface area contributed by atoms with Gasteiger partial charge in [0.25, 0.3) is 5.56 Å². The minimum atomic E-state index is -0.0110. The van der Waals surface area contributed by atoms with Gasteiger partial charge in [0, 0.05) is 15.5 Å². The van der Waals surface area contributed by atoms with Crippen molar-refractivity contribution in [2.75, 3.05) is 0 Å². The highest BCUT2D eigenvalue weighted by molar-refractivity contribution is 7.19. The molecule has 0 aliphatic heterocycles. The van der Waals surface area contributed by atoms with Crippen LogP contribution in [-0.4, -0.2) is 9.55 Å². The Morgan fingerprint density at radius 2 is 1.80 bits per heavy atom. The topological polar surface area (TPSA) is 34.9 Å². The van der Waals surface area contributed by atoms with Gasteiger partial charge in [0.2, 0.25) is 0 Å². The van der Waals surface area contributed by atoms with Gasteiger partial charge in [0.05, 0.1) is 18.3 Å². The molecule has 4 rings (SSSR count). The van der Waals surface area contributed by atoms with Crippen LogP contribution in [0.2, 0.25) is 5.02 Å². The molecule has 0 unspecified atom stereocenters. The van der Waals surface area contributed by atoms with Crippen molar-refractivity contribution in [2.24, 2.45) is 0 Å². The summed E-state index contributed by atoms with van der Waals surface area (Å²) in [6.07, 6.45) is 1.64. The largest absolute Gasteiger partial charge is 0.294 e. The predicted molar refractivity (Wildman–Crippen MR) is 105 cm³/mol. The molecule has 5 heteroatoms. The Kier molecular flexibility index (Phi) is 4.15. The van der Waals surface area contributed by atoms with Gasteiger partial charge in [-0.05, 0) is 30.2 Å². The first-order valence-electron chi connectivity index (χ1n) is 7.92. The Balaban J connectivity index is 1.89. The average Bonchev–Trinajstić information content (AvgIpc) is 2.96. The van der Waals surface area contributed by atoms with E-state index in [0.29, 0.717) is 17.0 Å². The molecule has 124 valence electrons. The van der Waals surface area contributed by atoms with Gasteiger partial charge in [-0.15, -0.1) is 11.3 Å². The van der Waals surface area contributed by atoms with E-state index in [2.05, 4.69) is 4.98 Å². The molecule has 0 radical (unpaired) electrons.